The van der Waals surface area contributed by atoms with Crippen LogP contribution in [0.4, 0.5) is 11.4 Å². The number of halogens is 1. The molecule has 0 aliphatic carbocycles. The lowest BCUT2D eigenvalue weighted by Gasteiger charge is -2.37. The van der Waals surface area contributed by atoms with Gasteiger partial charge in [-0.1, -0.05) is 23.7 Å². The molecule has 2 aliphatic rings. The summed E-state index contributed by atoms with van der Waals surface area (Å²) in [7, 11) is 2.13. The topological polar surface area (TPSA) is 114 Å². The Bertz CT molecular complexity index is 1210. The van der Waals surface area contributed by atoms with Crippen molar-refractivity contribution in [3.05, 3.63) is 64.7 Å². The quantitative estimate of drug-likeness (QED) is 0.483. The molecular formula is C29H37ClN4O6. The van der Waals surface area contributed by atoms with Crippen molar-refractivity contribution in [2.75, 3.05) is 75.8 Å². The summed E-state index contributed by atoms with van der Waals surface area (Å²) < 4.78 is 6.01. The minimum Gasteiger partial charge on any atom is -0.482 e. The highest BCUT2D eigenvalue weighted by Crippen LogP contribution is 2.32. The maximum absolute atomic E-state index is 12.9. The Morgan fingerprint density at radius 2 is 1.43 bits per heavy atom. The molecule has 11 heteroatoms. The number of hydrogen-bond acceptors (Lipinski definition) is 7. The van der Waals surface area contributed by atoms with Crippen LogP contribution in [-0.4, -0.2) is 104 Å². The van der Waals surface area contributed by atoms with Crippen LogP contribution in [0.1, 0.15) is 11.1 Å². The molecule has 10 nitrogen and oxygen atoms in total. The van der Waals surface area contributed by atoms with Crippen molar-refractivity contribution in [2.45, 2.75) is 13.8 Å². The second-order valence-corrected chi connectivity index (χ2v) is 10.2. The van der Waals surface area contributed by atoms with Crippen LogP contribution in [0.25, 0.3) is 0 Å². The largest absolute Gasteiger partial charge is 0.482 e. The van der Waals surface area contributed by atoms with E-state index in [9.17, 15) is 14.4 Å². The van der Waals surface area contributed by atoms with Crippen LogP contribution in [0.3, 0.4) is 0 Å². The Morgan fingerprint density at radius 1 is 0.850 bits per heavy atom. The van der Waals surface area contributed by atoms with Crippen molar-refractivity contribution >= 4 is 40.8 Å². The summed E-state index contributed by atoms with van der Waals surface area (Å²) in [5.74, 6) is -1.76. The number of benzene rings is 2. The first-order valence-electron chi connectivity index (χ1n) is 13.1. The third kappa shape index (κ3) is 8.89. The molecule has 2 saturated heterocycles. The van der Waals surface area contributed by atoms with Crippen molar-refractivity contribution in [3.8, 4) is 5.75 Å². The number of piperazine rings is 2. The highest BCUT2D eigenvalue weighted by molar-refractivity contribution is 6.31. The number of nitrogens with zero attached hydrogens (tertiary/aromatic N) is 4. The summed E-state index contributed by atoms with van der Waals surface area (Å²) >= 11 is 6.26. The molecule has 2 aromatic rings. The fourth-order valence-electron chi connectivity index (χ4n) is 4.56. The number of aliphatic carboxylic acids is 2. The monoisotopic (exact) mass is 572 g/mol. The Hall–Kier alpha value is -3.76. The number of carboxylic acid groups (broad SMARTS) is 2. The van der Waals surface area contributed by atoms with Crippen molar-refractivity contribution in [1.29, 1.82) is 0 Å². The number of amides is 1. The summed E-state index contributed by atoms with van der Waals surface area (Å²) in [6.07, 6.45) is 1.12. The standard InChI is InChI=1S/C25H33ClN4O2.C4H4O4/c1-19-5-4-6-22(20(19)2)28-13-15-30(16-14-28)25(31)18-32-24-8-7-21(26)17-23(24)29-11-9-27(3)10-12-29;5-3(6)1-2-4(7)8/h4-8,17H,9-16,18H2,1-3H3;1-2H,(H,5,6)(H,7,8)/b;2-1+. The molecule has 2 fully saturated rings. The van der Waals surface area contributed by atoms with Crippen molar-refractivity contribution in [3.63, 3.8) is 0 Å². The zero-order valence-electron chi connectivity index (χ0n) is 23.2. The Morgan fingerprint density at radius 3 is 2.02 bits per heavy atom. The molecule has 0 saturated carbocycles. The van der Waals surface area contributed by atoms with Gasteiger partial charge in [0.2, 0.25) is 0 Å². The molecule has 1 amide bonds. The lowest BCUT2D eigenvalue weighted by molar-refractivity contribution is -0.134. The van der Waals surface area contributed by atoms with Crippen LogP contribution in [0.15, 0.2) is 48.6 Å². The molecule has 0 unspecified atom stereocenters. The first-order chi connectivity index (χ1) is 19.0. The zero-order chi connectivity index (χ0) is 29.2. The fourth-order valence-corrected chi connectivity index (χ4v) is 4.72. The normalized spacial score (nSPS) is 15.9. The SMILES string of the molecule is Cc1cccc(N2CCN(C(=O)COc3ccc(Cl)cc3N3CCN(C)CC3)CC2)c1C.O=C(O)/C=C/C(=O)O. The van der Waals surface area contributed by atoms with E-state index in [-0.39, 0.29) is 12.5 Å². The van der Waals surface area contributed by atoms with Crippen molar-refractivity contribution in [1.82, 2.24) is 9.80 Å². The molecule has 0 bridgehead atoms. The van der Waals surface area contributed by atoms with E-state index in [1.54, 1.807) is 0 Å². The molecule has 0 radical (unpaired) electrons. The van der Waals surface area contributed by atoms with E-state index in [1.165, 1.54) is 16.8 Å². The van der Waals surface area contributed by atoms with Gasteiger partial charge >= 0.3 is 11.9 Å². The van der Waals surface area contributed by atoms with Crippen LogP contribution < -0.4 is 14.5 Å². The van der Waals surface area contributed by atoms with Gasteiger partial charge < -0.3 is 34.5 Å². The lowest BCUT2D eigenvalue weighted by Crippen LogP contribution is -2.50. The number of carbonyl (C=O) groups is 3. The first kappa shape index (κ1) is 30.8. The Balaban J connectivity index is 0.000000482. The second-order valence-electron chi connectivity index (χ2n) is 9.79. The molecule has 4 rings (SSSR count). The number of aryl methyl sites for hydroxylation is 1. The fraction of sp³-hybridized carbons (Fsp3) is 0.414. The van der Waals surface area contributed by atoms with Gasteiger partial charge in [-0.25, -0.2) is 9.59 Å². The lowest BCUT2D eigenvalue weighted by atomic mass is 10.1. The van der Waals surface area contributed by atoms with E-state index in [4.69, 9.17) is 26.6 Å². The minimum absolute atomic E-state index is 0.0323. The van der Waals surface area contributed by atoms with Crippen molar-refractivity contribution < 1.29 is 29.3 Å². The highest BCUT2D eigenvalue weighted by Gasteiger charge is 2.24. The molecule has 2 heterocycles. The number of hydrogen-bond donors (Lipinski definition) is 2. The van der Waals surface area contributed by atoms with E-state index >= 15 is 0 Å². The number of anilines is 2. The average Bonchev–Trinajstić information content (AvgIpc) is 2.93. The highest BCUT2D eigenvalue weighted by atomic mass is 35.5. The number of carboxylic acids is 2. The summed E-state index contributed by atoms with van der Waals surface area (Å²) in [6, 6.07) is 12.1. The average molecular weight is 573 g/mol. The molecule has 2 aromatic carbocycles. The molecule has 0 aromatic heterocycles. The summed E-state index contributed by atoms with van der Waals surface area (Å²) in [5.41, 5.74) is 4.85. The van der Waals surface area contributed by atoms with E-state index in [0.29, 0.717) is 30.3 Å². The van der Waals surface area contributed by atoms with Gasteiger partial charge in [0.05, 0.1) is 5.69 Å². The minimum atomic E-state index is -1.26. The van der Waals surface area contributed by atoms with Gasteiger partial charge in [-0.05, 0) is 56.3 Å². The molecule has 216 valence electrons. The van der Waals surface area contributed by atoms with E-state index in [0.717, 1.165) is 50.7 Å². The summed E-state index contributed by atoms with van der Waals surface area (Å²) in [6.45, 7) is 11.3. The predicted octanol–water partition coefficient (Wildman–Crippen LogP) is 3.15. The Kier molecular flexibility index (Phi) is 11.2. The van der Waals surface area contributed by atoms with Gasteiger partial charge in [-0.2, -0.15) is 0 Å². The van der Waals surface area contributed by atoms with Crippen LogP contribution in [0.5, 0.6) is 5.75 Å². The number of carbonyl (C=O) groups excluding carboxylic acids is 1. The smallest absolute Gasteiger partial charge is 0.328 e. The number of likely N-dealkylation sites (N-methyl/N-ethyl adjacent to an activating group) is 1. The summed E-state index contributed by atoms with van der Waals surface area (Å²) in [4.78, 5) is 40.9. The van der Waals surface area contributed by atoms with E-state index < -0.39 is 11.9 Å². The van der Waals surface area contributed by atoms with Gasteiger partial charge in [0, 0.05) is 75.2 Å². The maximum Gasteiger partial charge on any atom is 0.328 e. The first-order valence-corrected chi connectivity index (χ1v) is 13.5. The van der Waals surface area contributed by atoms with Gasteiger partial charge in [-0.3, -0.25) is 4.79 Å². The predicted molar refractivity (Wildman–Crippen MR) is 156 cm³/mol. The van der Waals surface area contributed by atoms with Crippen molar-refractivity contribution in [2.24, 2.45) is 0 Å². The molecular weight excluding hydrogens is 536 g/mol. The maximum atomic E-state index is 12.9. The molecule has 2 aliphatic heterocycles. The van der Waals surface area contributed by atoms with Crippen LogP contribution in [0.2, 0.25) is 5.02 Å². The van der Waals surface area contributed by atoms with E-state index in [1.807, 2.05) is 23.1 Å². The Labute approximate surface area is 240 Å². The third-order valence-electron chi connectivity index (χ3n) is 7.03. The third-order valence-corrected chi connectivity index (χ3v) is 7.27. The summed E-state index contributed by atoms with van der Waals surface area (Å²) in [5, 5.41) is 16.3. The van der Waals surface area contributed by atoms with Crippen LogP contribution in [-0.2, 0) is 14.4 Å². The van der Waals surface area contributed by atoms with Gasteiger partial charge in [-0.15, -0.1) is 0 Å². The number of rotatable bonds is 7. The van der Waals surface area contributed by atoms with Crippen LogP contribution >= 0.6 is 11.6 Å². The van der Waals surface area contributed by atoms with Crippen LogP contribution in [0, 0.1) is 13.8 Å². The molecule has 2 N–H and O–H groups in total. The van der Waals surface area contributed by atoms with Gasteiger partial charge in [0.15, 0.2) is 6.61 Å². The zero-order valence-corrected chi connectivity index (χ0v) is 23.9. The second kappa shape index (κ2) is 14.6. The van der Waals surface area contributed by atoms with Gasteiger partial charge in [0.1, 0.15) is 5.75 Å². The molecule has 0 spiro atoms. The van der Waals surface area contributed by atoms with Gasteiger partial charge in [0.25, 0.3) is 5.91 Å². The number of ether oxygens (including phenoxy) is 1. The van der Waals surface area contributed by atoms with E-state index in [2.05, 4.69) is 53.8 Å². The molecule has 0 atom stereocenters. The molecule has 40 heavy (non-hydrogen) atoms.